The number of nitrogens with one attached hydrogen (secondary N) is 1. The van der Waals surface area contributed by atoms with Crippen LogP contribution in [0.25, 0.3) is 0 Å². The van der Waals surface area contributed by atoms with Gasteiger partial charge in [-0.05, 0) is 29.6 Å². The van der Waals surface area contributed by atoms with Gasteiger partial charge in [0, 0.05) is 5.56 Å². The molecule has 4 nitrogen and oxygen atoms in total. The van der Waals surface area contributed by atoms with Crippen LogP contribution >= 0.6 is 23.6 Å². The fraction of sp³-hybridized carbons (Fsp3) is 0.0769. The third-order valence-corrected chi connectivity index (χ3v) is 3.66. The molecule has 20 heavy (non-hydrogen) atoms. The normalized spacial score (nSPS) is 10.1. The second-order valence-electron chi connectivity index (χ2n) is 3.83. The van der Waals surface area contributed by atoms with Gasteiger partial charge in [0.05, 0.1) is 12.8 Å². The molecular formula is C13H11FN2O2S2. The number of benzene rings is 1. The number of anilines is 1. The zero-order valence-electron chi connectivity index (χ0n) is 10.5. The monoisotopic (exact) mass is 310 g/mol. The molecule has 0 aliphatic heterocycles. The third kappa shape index (κ3) is 2.94. The first-order valence-electron chi connectivity index (χ1n) is 5.55. The number of amides is 1. The van der Waals surface area contributed by atoms with Crippen LogP contribution in [-0.2, 0) is 0 Å². The molecule has 2 aromatic rings. The van der Waals surface area contributed by atoms with Gasteiger partial charge in [-0.1, -0.05) is 12.2 Å². The fourth-order valence-corrected chi connectivity index (χ4v) is 2.55. The van der Waals surface area contributed by atoms with Crippen molar-refractivity contribution in [3.05, 3.63) is 45.9 Å². The van der Waals surface area contributed by atoms with E-state index in [1.807, 2.05) is 0 Å². The van der Waals surface area contributed by atoms with Crippen LogP contribution in [-0.4, -0.2) is 18.0 Å². The number of carbonyl (C=O) groups is 1. The number of carbonyl (C=O) groups excluding carboxylic acids is 1. The van der Waals surface area contributed by atoms with Gasteiger partial charge in [-0.2, -0.15) is 0 Å². The summed E-state index contributed by atoms with van der Waals surface area (Å²) in [6.07, 6.45) is 0. The Morgan fingerprint density at radius 2 is 2.20 bits per heavy atom. The Bertz CT molecular complexity index is 670. The minimum Gasteiger partial charge on any atom is -0.495 e. The molecule has 1 aromatic carbocycles. The van der Waals surface area contributed by atoms with Crippen molar-refractivity contribution >= 4 is 40.1 Å². The molecule has 0 radical (unpaired) electrons. The Labute approximate surface area is 124 Å². The topological polar surface area (TPSA) is 64.3 Å². The molecule has 1 amide bonds. The van der Waals surface area contributed by atoms with Crippen molar-refractivity contribution in [1.29, 1.82) is 0 Å². The van der Waals surface area contributed by atoms with E-state index in [9.17, 15) is 9.18 Å². The smallest absolute Gasteiger partial charge is 0.269 e. The van der Waals surface area contributed by atoms with E-state index in [1.165, 1.54) is 36.6 Å². The summed E-state index contributed by atoms with van der Waals surface area (Å²) in [6.45, 7) is 0. The maximum absolute atomic E-state index is 13.2. The van der Waals surface area contributed by atoms with E-state index in [0.29, 0.717) is 16.3 Å². The van der Waals surface area contributed by atoms with Crippen molar-refractivity contribution in [2.45, 2.75) is 0 Å². The Morgan fingerprint density at radius 1 is 1.45 bits per heavy atom. The van der Waals surface area contributed by atoms with Gasteiger partial charge in [0.15, 0.2) is 0 Å². The highest BCUT2D eigenvalue weighted by Crippen LogP contribution is 2.26. The number of thiocarbonyl (C=S) groups is 1. The quantitative estimate of drug-likeness (QED) is 0.852. The summed E-state index contributed by atoms with van der Waals surface area (Å²) in [5.74, 6) is -0.355. The first-order valence-corrected chi connectivity index (χ1v) is 6.84. The lowest BCUT2D eigenvalue weighted by Gasteiger charge is -2.10. The van der Waals surface area contributed by atoms with Gasteiger partial charge in [0.1, 0.15) is 21.4 Å². The van der Waals surface area contributed by atoms with Crippen LogP contribution in [0.2, 0.25) is 0 Å². The van der Waals surface area contributed by atoms with Gasteiger partial charge in [-0.3, -0.25) is 4.79 Å². The molecule has 0 bridgehead atoms. The molecule has 3 N–H and O–H groups in total. The highest BCUT2D eigenvalue weighted by atomic mass is 32.1. The molecular weight excluding hydrogens is 299 g/mol. The summed E-state index contributed by atoms with van der Waals surface area (Å²) < 4.78 is 18.3. The maximum Gasteiger partial charge on any atom is 0.269 e. The van der Waals surface area contributed by atoms with E-state index >= 15 is 0 Å². The summed E-state index contributed by atoms with van der Waals surface area (Å²) in [6, 6.07) is 5.52. The van der Waals surface area contributed by atoms with Crippen LogP contribution < -0.4 is 15.8 Å². The number of rotatable bonds is 4. The average Bonchev–Trinajstić information content (AvgIpc) is 2.89. The molecule has 0 saturated heterocycles. The summed E-state index contributed by atoms with van der Waals surface area (Å²) in [4.78, 5) is 12.6. The minimum atomic E-state index is -0.473. The van der Waals surface area contributed by atoms with Crippen LogP contribution in [0.4, 0.5) is 10.1 Å². The van der Waals surface area contributed by atoms with Crippen LogP contribution in [0.1, 0.15) is 15.2 Å². The predicted octanol–water partition coefficient (Wildman–Crippen LogP) is 2.78. The second kappa shape index (κ2) is 5.98. The first kappa shape index (κ1) is 14.4. The lowest BCUT2D eigenvalue weighted by Crippen LogP contribution is -2.17. The van der Waals surface area contributed by atoms with Crippen LogP contribution in [0, 0.1) is 5.82 Å². The summed E-state index contributed by atoms with van der Waals surface area (Å²) >= 11 is 6.09. The van der Waals surface area contributed by atoms with Gasteiger partial charge in [-0.25, -0.2) is 4.39 Å². The molecule has 0 aliphatic carbocycles. The van der Waals surface area contributed by atoms with Gasteiger partial charge in [0.2, 0.25) is 0 Å². The number of ether oxygens (including phenoxy) is 1. The highest BCUT2D eigenvalue weighted by Gasteiger charge is 2.16. The molecule has 1 heterocycles. The standard InChI is InChI=1S/C13H11FN2O2S2/c1-18-10-4-5-20-11(10)13(17)16-9-3-2-7(14)6-8(9)12(15)19/h2-6H,1H3,(H2,15,19)(H,16,17). The van der Waals surface area contributed by atoms with Crippen molar-refractivity contribution in [3.63, 3.8) is 0 Å². The number of hydrogen-bond donors (Lipinski definition) is 2. The molecule has 0 spiro atoms. The van der Waals surface area contributed by atoms with Crippen molar-refractivity contribution in [2.24, 2.45) is 5.73 Å². The number of nitrogens with two attached hydrogens (primary N) is 1. The number of halogens is 1. The predicted molar refractivity (Wildman–Crippen MR) is 81.1 cm³/mol. The first-order chi connectivity index (χ1) is 9.52. The van der Waals surface area contributed by atoms with E-state index < -0.39 is 5.82 Å². The average molecular weight is 310 g/mol. The summed E-state index contributed by atoms with van der Waals surface area (Å²) in [5.41, 5.74) is 6.17. The van der Waals surface area contributed by atoms with Crippen LogP contribution in [0.15, 0.2) is 29.6 Å². The molecule has 0 aliphatic rings. The fourth-order valence-electron chi connectivity index (χ4n) is 1.63. The number of thiophene rings is 1. The van der Waals surface area contributed by atoms with E-state index in [4.69, 9.17) is 22.7 Å². The molecule has 104 valence electrons. The van der Waals surface area contributed by atoms with Crippen molar-refractivity contribution in [3.8, 4) is 5.75 Å². The molecule has 0 unspecified atom stereocenters. The minimum absolute atomic E-state index is 0.0120. The lowest BCUT2D eigenvalue weighted by molar-refractivity contribution is 0.102. The largest absolute Gasteiger partial charge is 0.495 e. The van der Waals surface area contributed by atoms with Crippen molar-refractivity contribution in [2.75, 3.05) is 12.4 Å². The number of methoxy groups -OCH3 is 1. The van der Waals surface area contributed by atoms with Crippen LogP contribution in [0.5, 0.6) is 5.75 Å². The zero-order chi connectivity index (χ0) is 14.7. The van der Waals surface area contributed by atoms with E-state index in [-0.39, 0.29) is 16.5 Å². The highest BCUT2D eigenvalue weighted by molar-refractivity contribution is 7.80. The van der Waals surface area contributed by atoms with Gasteiger partial charge < -0.3 is 15.8 Å². The SMILES string of the molecule is COc1ccsc1C(=O)Nc1ccc(F)cc1C(N)=S. The van der Waals surface area contributed by atoms with Crippen molar-refractivity contribution < 1.29 is 13.9 Å². The lowest BCUT2D eigenvalue weighted by atomic mass is 10.1. The Morgan fingerprint density at radius 3 is 2.85 bits per heavy atom. The maximum atomic E-state index is 13.2. The van der Waals surface area contributed by atoms with Gasteiger partial charge >= 0.3 is 0 Å². The molecule has 7 heteroatoms. The Hall–Kier alpha value is -1.99. The van der Waals surface area contributed by atoms with E-state index in [1.54, 1.807) is 11.4 Å². The number of hydrogen-bond acceptors (Lipinski definition) is 4. The Kier molecular flexibility index (Phi) is 4.31. The molecule has 2 rings (SSSR count). The molecule has 0 fully saturated rings. The van der Waals surface area contributed by atoms with E-state index in [0.717, 1.165) is 0 Å². The van der Waals surface area contributed by atoms with E-state index in [2.05, 4.69) is 5.32 Å². The van der Waals surface area contributed by atoms with Crippen molar-refractivity contribution in [1.82, 2.24) is 0 Å². The Balaban J connectivity index is 2.31. The molecule has 1 aromatic heterocycles. The third-order valence-electron chi connectivity index (χ3n) is 2.55. The molecule has 0 atom stereocenters. The zero-order valence-corrected chi connectivity index (χ0v) is 12.1. The molecule has 0 saturated carbocycles. The second-order valence-corrected chi connectivity index (χ2v) is 5.18. The van der Waals surface area contributed by atoms with Gasteiger partial charge in [0.25, 0.3) is 5.91 Å². The van der Waals surface area contributed by atoms with Crippen LogP contribution in [0.3, 0.4) is 0 Å². The van der Waals surface area contributed by atoms with Gasteiger partial charge in [-0.15, -0.1) is 11.3 Å². The summed E-state index contributed by atoms with van der Waals surface area (Å²) in [5, 5.41) is 4.40. The summed E-state index contributed by atoms with van der Waals surface area (Å²) in [7, 11) is 1.48.